The number of carbonyl (C=O) groups is 5. The lowest BCUT2D eigenvalue weighted by atomic mass is 9.40. The number of Topliss-reactive ketones (excluding diaryl/α,β-unsaturated/α-hetero) is 1. The number of ether oxygens (including phenoxy) is 4. The number of methoxy groups -OCH3 is 1. The first-order valence-corrected chi connectivity index (χ1v) is 15.2. The van der Waals surface area contributed by atoms with Gasteiger partial charge in [0.15, 0.2) is 0 Å². The molecule has 2 bridgehead atoms. The number of fused-ring (bicyclic) bond motifs is 6. The van der Waals surface area contributed by atoms with Crippen LogP contribution in [0.5, 0.6) is 0 Å². The second-order valence-corrected chi connectivity index (χ2v) is 13.8. The van der Waals surface area contributed by atoms with Crippen LogP contribution in [0.4, 0.5) is 0 Å². The molecule has 1 aliphatic heterocycles. The fourth-order valence-electron chi connectivity index (χ4n) is 8.94. The number of carbonyl (C=O) groups excluding carboxylic acids is 5. The van der Waals surface area contributed by atoms with Gasteiger partial charge in [-0.15, -0.1) is 0 Å². The van der Waals surface area contributed by atoms with E-state index in [1.165, 1.54) is 14.0 Å². The summed E-state index contributed by atoms with van der Waals surface area (Å²) < 4.78 is 28.2. The van der Waals surface area contributed by atoms with Crippen molar-refractivity contribution in [3.63, 3.8) is 0 Å². The second kappa shape index (κ2) is 11.0. The van der Waals surface area contributed by atoms with Crippen molar-refractivity contribution in [2.24, 2.45) is 39.9 Å². The number of hydrogen-bond donors (Lipinski definition) is 0. The Kier molecular flexibility index (Phi) is 7.96. The zero-order valence-corrected chi connectivity index (χ0v) is 26.6. The van der Waals surface area contributed by atoms with E-state index in [1.54, 1.807) is 38.5 Å². The SMILES string of the molecule is C/C=C(\C)C(=O)O[C@@H]1[C@H]2C=C3[C@@H]4CC(=O)O[C@@H](c5ccoc5)[C@]4(C)CC[C@@H]3[C@@](C)(C2=O)[C@@H]([C@@H](OC(C)=O)C(=O)OC)C1(C)C. The zero-order valence-electron chi connectivity index (χ0n) is 26.6. The number of ketones is 1. The molecule has 1 saturated heterocycles. The van der Waals surface area contributed by atoms with Gasteiger partial charge in [0, 0.05) is 40.2 Å². The molecule has 0 amide bonds. The van der Waals surface area contributed by atoms with Crippen molar-refractivity contribution in [2.75, 3.05) is 7.11 Å². The molecule has 10 nitrogen and oxygen atoms in total. The summed E-state index contributed by atoms with van der Waals surface area (Å²) >= 11 is 0. The maximum absolute atomic E-state index is 14.7. The van der Waals surface area contributed by atoms with Gasteiger partial charge in [-0.05, 0) is 44.6 Å². The van der Waals surface area contributed by atoms with E-state index in [1.807, 2.05) is 26.8 Å². The molecule has 238 valence electrons. The van der Waals surface area contributed by atoms with Gasteiger partial charge in [0.25, 0.3) is 0 Å². The number of rotatable bonds is 6. The van der Waals surface area contributed by atoms with Gasteiger partial charge in [-0.3, -0.25) is 14.4 Å². The molecular weight excluding hydrogens is 568 g/mol. The number of furan rings is 1. The van der Waals surface area contributed by atoms with Crippen LogP contribution in [0.3, 0.4) is 0 Å². The van der Waals surface area contributed by atoms with E-state index >= 15 is 0 Å². The van der Waals surface area contributed by atoms with Crippen LogP contribution in [0, 0.1) is 39.9 Å². The molecule has 0 aromatic carbocycles. The van der Waals surface area contributed by atoms with Crippen LogP contribution in [-0.2, 0) is 42.9 Å². The van der Waals surface area contributed by atoms with Gasteiger partial charge >= 0.3 is 23.9 Å². The minimum Gasteiger partial charge on any atom is -0.472 e. The lowest BCUT2D eigenvalue weighted by molar-refractivity contribution is -0.214. The van der Waals surface area contributed by atoms with Gasteiger partial charge in [-0.2, -0.15) is 0 Å². The third-order valence-corrected chi connectivity index (χ3v) is 11.1. The molecule has 2 heterocycles. The Labute approximate surface area is 257 Å². The van der Waals surface area contributed by atoms with E-state index in [0.29, 0.717) is 18.4 Å². The Balaban J connectivity index is 1.72. The molecule has 4 aliphatic rings. The molecule has 2 saturated carbocycles. The molecule has 1 aromatic rings. The molecule has 9 atom stereocenters. The molecule has 0 spiro atoms. The monoisotopic (exact) mass is 610 g/mol. The molecule has 3 fully saturated rings. The molecule has 1 aromatic heterocycles. The fraction of sp³-hybridized carbons (Fsp3) is 0.618. The summed E-state index contributed by atoms with van der Waals surface area (Å²) in [5, 5.41) is 0. The molecule has 0 N–H and O–H groups in total. The third kappa shape index (κ3) is 4.63. The van der Waals surface area contributed by atoms with Crippen molar-refractivity contribution < 1.29 is 47.3 Å². The molecule has 5 rings (SSSR count). The summed E-state index contributed by atoms with van der Waals surface area (Å²) in [5.41, 5.74) is -0.727. The minimum atomic E-state index is -1.44. The fourth-order valence-corrected chi connectivity index (χ4v) is 8.94. The summed E-state index contributed by atoms with van der Waals surface area (Å²) in [5.74, 6) is -5.07. The highest BCUT2D eigenvalue weighted by atomic mass is 16.6. The second-order valence-electron chi connectivity index (χ2n) is 13.8. The van der Waals surface area contributed by atoms with Gasteiger partial charge in [0.05, 0.1) is 32.0 Å². The lowest BCUT2D eigenvalue weighted by Crippen LogP contribution is -2.69. The molecule has 44 heavy (non-hydrogen) atoms. The van der Waals surface area contributed by atoms with Crippen LogP contribution in [0.15, 0.2) is 46.3 Å². The maximum Gasteiger partial charge on any atom is 0.347 e. The topological polar surface area (TPSA) is 135 Å². The largest absolute Gasteiger partial charge is 0.472 e. The van der Waals surface area contributed by atoms with Crippen molar-refractivity contribution in [2.45, 2.75) is 86.0 Å². The normalized spacial score (nSPS) is 36.5. The van der Waals surface area contributed by atoms with E-state index in [4.69, 9.17) is 23.4 Å². The number of esters is 4. The Bertz CT molecular complexity index is 1430. The van der Waals surface area contributed by atoms with Crippen LogP contribution in [0.2, 0.25) is 0 Å². The van der Waals surface area contributed by atoms with E-state index in [-0.39, 0.29) is 30.0 Å². The van der Waals surface area contributed by atoms with Crippen LogP contribution in [0.1, 0.15) is 79.4 Å². The predicted octanol–water partition coefficient (Wildman–Crippen LogP) is 5.07. The Morgan fingerprint density at radius 1 is 1.09 bits per heavy atom. The average molecular weight is 611 g/mol. The average Bonchev–Trinajstić information content (AvgIpc) is 3.50. The highest BCUT2D eigenvalue weighted by molar-refractivity contribution is 5.95. The van der Waals surface area contributed by atoms with E-state index < -0.39 is 64.3 Å². The van der Waals surface area contributed by atoms with Crippen LogP contribution in [0.25, 0.3) is 0 Å². The summed E-state index contributed by atoms with van der Waals surface area (Å²) in [4.78, 5) is 66.9. The van der Waals surface area contributed by atoms with E-state index in [0.717, 1.165) is 11.1 Å². The zero-order chi connectivity index (χ0) is 32.4. The molecule has 3 aliphatic carbocycles. The van der Waals surface area contributed by atoms with Crippen LogP contribution < -0.4 is 0 Å². The first-order chi connectivity index (χ1) is 20.6. The van der Waals surface area contributed by atoms with Gasteiger partial charge in [0.2, 0.25) is 6.10 Å². The summed E-state index contributed by atoms with van der Waals surface area (Å²) in [6.45, 7) is 12.2. The van der Waals surface area contributed by atoms with E-state index in [2.05, 4.69) is 6.92 Å². The van der Waals surface area contributed by atoms with Gasteiger partial charge in [0.1, 0.15) is 18.0 Å². The molecular formula is C34H42O10. The Morgan fingerprint density at radius 3 is 2.39 bits per heavy atom. The standard InChI is InChI=1S/C34H42O10/c1-9-17(2)30(38)44-29-21-14-20-22(10-12-33(6)23(20)15-24(36)43-28(33)19-11-13-41-16-19)34(7,27(21)37)26(32(29,4)5)25(31(39)40-8)42-18(3)35/h9,11,13-14,16,21-23,25-26,28-29H,10,12,15H2,1-8H3/b17-9+/t21-,22-,23-,25+,26-,28-,29+,33+,34+/m0/s1. The summed E-state index contributed by atoms with van der Waals surface area (Å²) in [6.07, 6.45) is 4.99. The maximum atomic E-state index is 14.7. The predicted molar refractivity (Wildman–Crippen MR) is 155 cm³/mol. The van der Waals surface area contributed by atoms with Gasteiger partial charge in [-0.25, -0.2) is 9.59 Å². The van der Waals surface area contributed by atoms with Crippen molar-refractivity contribution >= 4 is 29.7 Å². The molecule has 0 radical (unpaired) electrons. The van der Waals surface area contributed by atoms with Crippen molar-refractivity contribution in [3.8, 4) is 0 Å². The van der Waals surface area contributed by atoms with Crippen LogP contribution in [-0.4, -0.2) is 49.0 Å². The molecule has 0 unspecified atom stereocenters. The third-order valence-electron chi connectivity index (χ3n) is 11.1. The smallest absolute Gasteiger partial charge is 0.347 e. The summed E-state index contributed by atoms with van der Waals surface area (Å²) in [7, 11) is 1.20. The van der Waals surface area contributed by atoms with Crippen molar-refractivity contribution in [1.82, 2.24) is 0 Å². The Hall–Kier alpha value is -3.69. The lowest BCUT2D eigenvalue weighted by Gasteiger charge is -2.64. The van der Waals surface area contributed by atoms with Crippen molar-refractivity contribution in [1.29, 1.82) is 0 Å². The highest BCUT2D eigenvalue weighted by Crippen LogP contribution is 2.68. The first kappa shape index (κ1) is 31.7. The first-order valence-electron chi connectivity index (χ1n) is 15.2. The van der Waals surface area contributed by atoms with E-state index in [9.17, 15) is 24.0 Å². The van der Waals surface area contributed by atoms with Gasteiger partial charge in [-0.1, -0.05) is 45.4 Å². The Morgan fingerprint density at radius 2 is 1.80 bits per heavy atom. The van der Waals surface area contributed by atoms with Crippen molar-refractivity contribution in [3.05, 3.63) is 47.5 Å². The van der Waals surface area contributed by atoms with Gasteiger partial charge < -0.3 is 23.4 Å². The highest BCUT2D eigenvalue weighted by Gasteiger charge is 2.71. The van der Waals surface area contributed by atoms with Crippen LogP contribution >= 0.6 is 0 Å². The summed E-state index contributed by atoms with van der Waals surface area (Å²) in [6, 6.07) is 1.80. The quantitative estimate of drug-likeness (QED) is 0.186. The molecule has 10 heteroatoms. The minimum absolute atomic E-state index is 0.116. The number of cyclic esters (lactones) is 1. The number of hydrogen-bond acceptors (Lipinski definition) is 10. The number of allylic oxidation sites excluding steroid dienone is 2.